The molecule has 1 saturated carbocycles. The third-order valence-electron chi connectivity index (χ3n) is 4.73. The van der Waals surface area contributed by atoms with Crippen LogP contribution in [0.1, 0.15) is 43.0 Å². The third kappa shape index (κ3) is 2.30. The summed E-state index contributed by atoms with van der Waals surface area (Å²) in [7, 11) is 1.88. The Kier molecular flexibility index (Phi) is 3.43. The van der Waals surface area contributed by atoms with E-state index in [9.17, 15) is 14.0 Å². The van der Waals surface area contributed by atoms with Crippen LogP contribution in [-0.4, -0.2) is 24.8 Å². The average Bonchev–Trinajstić information content (AvgIpc) is 2.73. The van der Waals surface area contributed by atoms with Crippen molar-refractivity contribution in [3.63, 3.8) is 0 Å². The molecular weight excluding hydrogens is 271 g/mol. The quantitative estimate of drug-likeness (QED) is 0.852. The molecule has 1 aliphatic carbocycles. The molecular formula is C16H19FN2O2. The highest BCUT2D eigenvalue weighted by molar-refractivity contribution is 6.51. The van der Waals surface area contributed by atoms with Crippen molar-refractivity contribution in [3.05, 3.63) is 23.5 Å². The van der Waals surface area contributed by atoms with Gasteiger partial charge in [-0.05, 0) is 30.9 Å². The van der Waals surface area contributed by atoms with Gasteiger partial charge in [-0.3, -0.25) is 9.59 Å². The monoisotopic (exact) mass is 290 g/mol. The number of hydrogen-bond acceptors (Lipinski definition) is 3. The Morgan fingerprint density at radius 3 is 2.67 bits per heavy atom. The normalized spacial score (nSPS) is 24.7. The maximum absolute atomic E-state index is 14.3. The van der Waals surface area contributed by atoms with E-state index in [1.54, 1.807) is 6.07 Å². The number of nitrogens with zero attached hydrogens (tertiary/aromatic N) is 1. The van der Waals surface area contributed by atoms with Gasteiger partial charge in [0.25, 0.3) is 11.7 Å². The van der Waals surface area contributed by atoms with Crippen LogP contribution < -0.4 is 10.2 Å². The number of halogens is 1. The molecule has 21 heavy (non-hydrogen) atoms. The molecule has 1 amide bonds. The Bertz CT molecular complexity index is 615. The minimum Gasteiger partial charge on any atom is -0.369 e. The predicted molar refractivity (Wildman–Crippen MR) is 79.2 cm³/mol. The van der Waals surface area contributed by atoms with E-state index in [4.69, 9.17) is 0 Å². The number of nitrogens with one attached hydrogen (secondary N) is 1. The minimum atomic E-state index is -0.685. The number of rotatable bonds is 2. The minimum absolute atomic E-state index is 0.131. The van der Waals surface area contributed by atoms with Gasteiger partial charge < -0.3 is 10.2 Å². The van der Waals surface area contributed by atoms with Gasteiger partial charge in [-0.1, -0.05) is 19.8 Å². The zero-order valence-corrected chi connectivity index (χ0v) is 12.3. The zero-order chi connectivity index (χ0) is 15.1. The van der Waals surface area contributed by atoms with Crippen molar-refractivity contribution in [1.82, 2.24) is 0 Å². The third-order valence-corrected chi connectivity index (χ3v) is 4.73. The molecule has 4 nitrogen and oxygen atoms in total. The van der Waals surface area contributed by atoms with Crippen molar-refractivity contribution in [3.8, 4) is 0 Å². The van der Waals surface area contributed by atoms with Crippen LogP contribution in [0.2, 0.25) is 0 Å². The van der Waals surface area contributed by atoms with Crippen molar-refractivity contribution in [2.24, 2.45) is 5.92 Å². The lowest BCUT2D eigenvalue weighted by Gasteiger charge is -2.38. The molecule has 1 aromatic carbocycles. The van der Waals surface area contributed by atoms with Crippen molar-refractivity contribution in [2.75, 3.05) is 17.3 Å². The van der Waals surface area contributed by atoms with Crippen LogP contribution in [0.3, 0.4) is 0 Å². The van der Waals surface area contributed by atoms with Crippen LogP contribution in [0.5, 0.6) is 0 Å². The van der Waals surface area contributed by atoms with E-state index in [0.717, 1.165) is 19.3 Å². The summed E-state index contributed by atoms with van der Waals surface area (Å²) in [6.45, 7) is 2.19. The number of carbonyl (C=O) groups is 2. The van der Waals surface area contributed by atoms with Gasteiger partial charge in [-0.15, -0.1) is 0 Å². The van der Waals surface area contributed by atoms with Crippen molar-refractivity contribution in [2.45, 2.75) is 38.6 Å². The lowest BCUT2D eigenvalue weighted by Crippen LogP contribution is -2.39. The molecule has 1 aliphatic heterocycles. The van der Waals surface area contributed by atoms with Gasteiger partial charge >= 0.3 is 0 Å². The van der Waals surface area contributed by atoms with Crippen molar-refractivity contribution in [1.29, 1.82) is 0 Å². The molecule has 2 unspecified atom stereocenters. The number of benzene rings is 1. The topological polar surface area (TPSA) is 49.4 Å². The maximum Gasteiger partial charge on any atom is 0.296 e. The number of Topliss-reactive ketones (excluding diaryl/α,β-unsaturated/α-hetero) is 1. The summed E-state index contributed by atoms with van der Waals surface area (Å²) in [5.74, 6) is -1.29. The van der Waals surface area contributed by atoms with E-state index in [1.807, 2.05) is 11.9 Å². The van der Waals surface area contributed by atoms with E-state index in [-0.39, 0.29) is 5.56 Å². The second kappa shape index (κ2) is 5.13. The molecule has 0 saturated heterocycles. The Morgan fingerprint density at radius 2 is 1.95 bits per heavy atom. The Hall–Kier alpha value is -1.91. The molecule has 0 radical (unpaired) electrons. The average molecular weight is 290 g/mol. The van der Waals surface area contributed by atoms with Crippen LogP contribution >= 0.6 is 0 Å². The van der Waals surface area contributed by atoms with Gasteiger partial charge in [0.2, 0.25) is 0 Å². The van der Waals surface area contributed by atoms with Crippen LogP contribution in [0.4, 0.5) is 15.8 Å². The first kappa shape index (κ1) is 14.0. The van der Waals surface area contributed by atoms with Crippen LogP contribution in [0, 0.1) is 11.7 Å². The van der Waals surface area contributed by atoms with Gasteiger partial charge in [0.1, 0.15) is 5.82 Å². The van der Waals surface area contributed by atoms with Gasteiger partial charge in [-0.2, -0.15) is 0 Å². The summed E-state index contributed by atoms with van der Waals surface area (Å²) >= 11 is 0. The fourth-order valence-corrected chi connectivity index (χ4v) is 3.48. The Morgan fingerprint density at radius 1 is 1.24 bits per heavy atom. The zero-order valence-electron chi connectivity index (χ0n) is 12.3. The fraction of sp³-hybridized carbons (Fsp3) is 0.500. The summed E-state index contributed by atoms with van der Waals surface area (Å²) in [6, 6.07) is 3.04. The summed E-state index contributed by atoms with van der Waals surface area (Å²) in [6.07, 6.45) is 4.57. The number of anilines is 2. The fourth-order valence-electron chi connectivity index (χ4n) is 3.48. The summed E-state index contributed by atoms with van der Waals surface area (Å²) in [5, 5.41) is 2.50. The second-order valence-electron chi connectivity index (χ2n) is 6.07. The lowest BCUT2D eigenvalue weighted by atomic mass is 9.85. The van der Waals surface area contributed by atoms with Crippen LogP contribution in [-0.2, 0) is 4.79 Å². The maximum atomic E-state index is 14.3. The highest BCUT2D eigenvalue weighted by Gasteiger charge is 2.32. The number of fused-ring (bicyclic) bond motifs is 1. The van der Waals surface area contributed by atoms with E-state index in [0.29, 0.717) is 23.3 Å². The molecule has 5 heteroatoms. The molecule has 0 bridgehead atoms. The lowest BCUT2D eigenvalue weighted by molar-refractivity contribution is -0.112. The highest BCUT2D eigenvalue weighted by Crippen LogP contribution is 2.35. The van der Waals surface area contributed by atoms with Gasteiger partial charge in [0, 0.05) is 13.1 Å². The molecule has 3 rings (SSSR count). The van der Waals surface area contributed by atoms with E-state index >= 15 is 0 Å². The number of amides is 1. The molecule has 1 aromatic rings. The molecule has 1 heterocycles. The number of carbonyl (C=O) groups excluding carboxylic acids is 2. The number of hydrogen-bond donors (Lipinski definition) is 1. The largest absolute Gasteiger partial charge is 0.369 e. The van der Waals surface area contributed by atoms with Crippen LogP contribution in [0.15, 0.2) is 12.1 Å². The van der Waals surface area contributed by atoms with Gasteiger partial charge in [0.05, 0.1) is 16.9 Å². The first-order chi connectivity index (χ1) is 9.99. The molecule has 0 aromatic heterocycles. The van der Waals surface area contributed by atoms with E-state index in [1.165, 1.54) is 12.5 Å². The Labute approximate surface area is 123 Å². The second-order valence-corrected chi connectivity index (χ2v) is 6.07. The van der Waals surface area contributed by atoms with Crippen molar-refractivity contribution < 1.29 is 14.0 Å². The summed E-state index contributed by atoms with van der Waals surface area (Å²) in [4.78, 5) is 24.9. The molecule has 2 atom stereocenters. The Balaban J connectivity index is 1.94. The molecule has 1 fully saturated rings. The smallest absolute Gasteiger partial charge is 0.296 e. The predicted octanol–water partition coefficient (Wildman–Crippen LogP) is 2.98. The highest BCUT2D eigenvalue weighted by atomic mass is 19.1. The first-order valence-corrected chi connectivity index (χ1v) is 7.41. The molecule has 0 spiro atoms. The molecule has 1 N–H and O–H groups in total. The van der Waals surface area contributed by atoms with E-state index in [2.05, 4.69) is 12.2 Å². The van der Waals surface area contributed by atoms with E-state index < -0.39 is 17.5 Å². The summed E-state index contributed by atoms with van der Waals surface area (Å²) in [5.41, 5.74) is 0.991. The molecule has 2 aliphatic rings. The standard InChI is InChI=1S/C16H19FN2O2/c1-9-5-3-4-6-13(9)19(2)14-8-12-10(7-11(14)17)15(20)16(21)18-12/h7-9,13H,3-6H2,1-2H3,(H,18,20,21). The first-order valence-electron chi connectivity index (χ1n) is 7.41. The SMILES string of the molecule is CC1CCCCC1N(C)c1cc2c(cc1F)C(=O)C(=O)N2. The molecule has 112 valence electrons. The van der Waals surface area contributed by atoms with Gasteiger partial charge in [0.15, 0.2) is 0 Å². The van der Waals surface area contributed by atoms with Gasteiger partial charge in [-0.25, -0.2) is 4.39 Å². The van der Waals surface area contributed by atoms with Crippen molar-refractivity contribution >= 4 is 23.1 Å². The van der Waals surface area contributed by atoms with Crippen LogP contribution in [0.25, 0.3) is 0 Å². The summed E-state index contributed by atoms with van der Waals surface area (Å²) < 4.78 is 14.3. The number of ketones is 1.